The van der Waals surface area contributed by atoms with Gasteiger partial charge < -0.3 is 55.6 Å². The van der Waals surface area contributed by atoms with Crippen molar-refractivity contribution in [2.24, 2.45) is 23.7 Å². The number of halogens is 1. The van der Waals surface area contributed by atoms with Crippen LogP contribution in [0.5, 0.6) is 0 Å². The predicted molar refractivity (Wildman–Crippen MR) is 325 cm³/mol. The van der Waals surface area contributed by atoms with E-state index >= 15 is 0 Å². The monoisotopic (exact) mass is 1210 g/mol. The summed E-state index contributed by atoms with van der Waals surface area (Å²) in [6.45, 7) is 11.9. The van der Waals surface area contributed by atoms with E-state index in [1.807, 2.05) is 46.8 Å². The zero-order valence-electron chi connectivity index (χ0n) is 53.0. The summed E-state index contributed by atoms with van der Waals surface area (Å²) in [4.78, 5) is 165. The number of hydrogen-bond donors (Lipinski definition) is 4. The number of aryl methyl sites for hydroxylation is 1. The van der Waals surface area contributed by atoms with E-state index in [2.05, 4.69) is 21.3 Å². The smallest absolute Gasteiger partial charge is 0.245 e. The van der Waals surface area contributed by atoms with E-state index in [0.29, 0.717) is 50.0 Å². The molecule has 1 unspecified atom stereocenters. The minimum atomic E-state index is -1.09. The lowest BCUT2D eigenvalue weighted by atomic mass is 9.84. The summed E-state index contributed by atoms with van der Waals surface area (Å²) >= 11 is 6.17. The molecule has 476 valence electrons. The lowest BCUT2D eigenvalue weighted by Crippen LogP contribution is -2.57. The Morgan fingerprint density at radius 2 is 1.22 bits per heavy atom. The van der Waals surface area contributed by atoms with E-state index in [4.69, 9.17) is 11.6 Å². The van der Waals surface area contributed by atoms with Crippen molar-refractivity contribution in [2.45, 2.75) is 193 Å². The third-order valence-electron chi connectivity index (χ3n) is 17.2. The number of carbonyl (C=O) groups excluding carboxylic acids is 11. The maximum atomic E-state index is 14.6. The highest BCUT2D eigenvalue weighted by Crippen LogP contribution is 2.30. The van der Waals surface area contributed by atoms with Crippen LogP contribution in [0, 0.1) is 23.7 Å². The van der Waals surface area contributed by atoms with Gasteiger partial charge in [0.1, 0.15) is 36.3 Å². The van der Waals surface area contributed by atoms with E-state index in [1.165, 1.54) is 69.5 Å². The number of benzene rings is 1. The van der Waals surface area contributed by atoms with Gasteiger partial charge >= 0.3 is 0 Å². The molecular weight excluding hydrogens is 1110 g/mol. The molecule has 1 aliphatic carbocycles. The average molecular weight is 1210 g/mol. The quantitative estimate of drug-likeness (QED) is 0.260. The number of nitrogens with one attached hydrogen (secondary N) is 4. The van der Waals surface area contributed by atoms with Gasteiger partial charge in [-0.25, -0.2) is 0 Å². The molecule has 2 aliphatic heterocycles. The van der Waals surface area contributed by atoms with Crippen molar-refractivity contribution in [3.05, 3.63) is 34.9 Å². The SMILES string of the molecule is CC[C@H](C)C1NC(=O)[C@H](CC(C)C)N(C)C(=O)C[C@@H](C)NC(=O)[C@H](C(C)C)N(C)C(=O)CCCCNC(=O)[C@@H]2CCCN2C(=O)[C@H](CCc2ccc(Cl)cc2)NC(=O)CN(C)C(=O)[C@H](CC2CCCCC2)N(C)C(=O)CN(C)C(=O)CN(C)C1=O. The van der Waals surface area contributed by atoms with Gasteiger partial charge in [-0.15, -0.1) is 0 Å². The Kier molecular flexibility index (Phi) is 28.6. The van der Waals surface area contributed by atoms with Gasteiger partial charge in [0.15, 0.2) is 0 Å². The molecule has 85 heavy (non-hydrogen) atoms. The Morgan fingerprint density at radius 1 is 0.600 bits per heavy atom. The average Bonchev–Trinajstić information content (AvgIpc) is 4.24. The fourth-order valence-electron chi connectivity index (χ4n) is 11.7. The van der Waals surface area contributed by atoms with Crippen LogP contribution >= 0.6 is 11.6 Å². The molecule has 2 heterocycles. The molecule has 8 atom stereocenters. The van der Waals surface area contributed by atoms with Gasteiger partial charge in [0.25, 0.3) is 0 Å². The topological polar surface area (TPSA) is 259 Å². The number of fused-ring (bicyclic) bond motifs is 1. The van der Waals surface area contributed by atoms with Crippen molar-refractivity contribution >= 4 is 76.6 Å². The van der Waals surface area contributed by atoms with Crippen LogP contribution in [0.15, 0.2) is 24.3 Å². The lowest BCUT2D eigenvalue weighted by molar-refractivity contribution is -0.149. The molecule has 3 aliphatic rings. The maximum Gasteiger partial charge on any atom is 0.245 e. The second-order valence-corrected chi connectivity index (χ2v) is 25.4. The van der Waals surface area contributed by atoms with Crippen LogP contribution in [-0.2, 0) is 59.2 Å². The number of nitrogens with zero attached hydrogens (tertiary/aromatic N) is 7. The van der Waals surface area contributed by atoms with Crippen LogP contribution in [-0.4, -0.2) is 217 Å². The van der Waals surface area contributed by atoms with Gasteiger partial charge in [-0.05, 0) is 99.7 Å². The summed E-state index contributed by atoms with van der Waals surface area (Å²) in [5.74, 6) is -6.05. The zero-order chi connectivity index (χ0) is 63.4. The van der Waals surface area contributed by atoms with Crippen molar-refractivity contribution in [3.63, 3.8) is 0 Å². The molecule has 1 aromatic carbocycles. The molecule has 1 aromatic rings. The van der Waals surface area contributed by atoms with Crippen molar-refractivity contribution in [2.75, 3.05) is 75.0 Å². The lowest BCUT2D eigenvalue weighted by Gasteiger charge is -2.35. The number of rotatable bonds is 10. The van der Waals surface area contributed by atoms with Crippen LogP contribution in [0.25, 0.3) is 0 Å². The fraction of sp³-hybridized carbons (Fsp3) is 0.726. The second kappa shape index (κ2) is 34.1. The van der Waals surface area contributed by atoms with Gasteiger partial charge in [0.05, 0.1) is 19.6 Å². The van der Waals surface area contributed by atoms with Crippen molar-refractivity contribution < 1.29 is 52.7 Å². The first-order valence-electron chi connectivity index (χ1n) is 30.8. The molecule has 1 saturated carbocycles. The van der Waals surface area contributed by atoms with Gasteiger partial charge in [0.2, 0.25) is 65.0 Å². The van der Waals surface area contributed by atoms with Crippen LogP contribution in [0.1, 0.15) is 150 Å². The molecule has 3 fully saturated rings. The van der Waals surface area contributed by atoms with E-state index in [9.17, 15) is 52.7 Å². The Bertz CT molecular complexity index is 2470. The van der Waals surface area contributed by atoms with Crippen molar-refractivity contribution in [1.82, 2.24) is 55.6 Å². The maximum absolute atomic E-state index is 14.6. The highest BCUT2D eigenvalue weighted by molar-refractivity contribution is 6.30. The van der Waals surface area contributed by atoms with Gasteiger partial charge in [-0.3, -0.25) is 52.7 Å². The predicted octanol–water partition coefficient (Wildman–Crippen LogP) is 4.00. The molecule has 23 heteroatoms. The van der Waals surface area contributed by atoms with Crippen molar-refractivity contribution in [3.8, 4) is 0 Å². The summed E-state index contributed by atoms with van der Waals surface area (Å²) in [5, 5.41) is 12.2. The van der Waals surface area contributed by atoms with Crippen LogP contribution in [0.2, 0.25) is 5.02 Å². The third-order valence-corrected chi connectivity index (χ3v) is 17.4. The zero-order valence-corrected chi connectivity index (χ0v) is 53.8. The summed E-state index contributed by atoms with van der Waals surface area (Å²) in [6, 6.07) is 0.524. The molecule has 22 nitrogen and oxygen atoms in total. The number of hydrogen-bond acceptors (Lipinski definition) is 11. The molecule has 0 radical (unpaired) electrons. The molecule has 2 saturated heterocycles. The largest absolute Gasteiger partial charge is 0.354 e. The summed E-state index contributed by atoms with van der Waals surface area (Å²) < 4.78 is 0. The van der Waals surface area contributed by atoms with Crippen molar-refractivity contribution in [1.29, 1.82) is 0 Å². The van der Waals surface area contributed by atoms with Crippen LogP contribution in [0.4, 0.5) is 0 Å². The fourth-order valence-corrected chi connectivity index (χ4v) is 11.8. The van der Waals surface area contributed by atoms with Crippen LogP contribution in [0.3, 0.4) is 0 Å². The molecular formula is C62H100ClN11O11. The highest BCUT2D eigenvalue weighted by atomic mass is 35.5. The van der Waals surface area contributed by atoms with E-state index in [-0.39, 0.29) is 68.3 Å². The van der Waals surface area contributed by atoms with E-state index in [1.54, 1.807) is 33.0 Å². The minimum Gasteiger partial charge on any atom is -0.354 e. The number of carbonyl (C=O) groups is 11. The standard InChI is InChI=1S/C62H100ClN11O11/c1-14-41(6)55-62(85)70(10)37-53(78)68(8)38-54(79)72(12)49(35-44-21-16-15-17-22-44)61(84)69(9)36-50(75)66-46(30-27-43-25-28-45(63)29-26-43)60(83)74-32-20-23-47(74)57(80)64-31-19-18-24-51(76)73(13)56(40(4)5)59(82)65-42(7)34-52(77)71(11)48(33-39(2)3)58(81)67-55/h25-26,28-29,39-42,44,46-49,55-56H,14-24,27,30-38H2,1-13H3,(H,64,80)(H,65,82)(H,66,75)(H,67,81)/t41-,42+,46-,47-,48-,49-,55?,56-/m0/s1. The minimum absolute atomic E-state index is 0.0557. The molecule has 0 spiro atoms. The van der Waals surface area contributed by atoms with Gasteiger partial charge in [-0.1, -0.05) is 104 Å². The summed E-state index contributed by atoms with van der Waals surface area (Å²) in [5.41, 5.74) is 0.861. The number of likely N-dealkylation sites (N-methyl/N-ethyl adjacent to an activating group) is 6. The highest BCUT2D eigenvalue weighted by Gasteiger charge is 2.40. The summed E-state index contributed by atoms with van der Waals surface area (Å²) in [7, 11) is 8.88. The summed E-state index contributed by atoms with van der Waals surface area (Å²) in [6.07, 6.45) is 7.92. The normalized spacial score (nSPS) is 26.0. The van der Waals surface area contributed by atoms with Crippen LogP contribution < -0.4 is 21.3 Å². The Balaban J connectivity index is 1.67. The molecule has 4 rings (SSSR count). The first-order chi connectivity index (χ1) is 40.1. The molecule has 11 amide bonds. The van der Waals surface area contributed by atoms with Gasteiger partial charge in [-0.2, -0.15) is 0 Å². The van der Waals surface area contributed by atoms with Gasteiger partial charge in [0, 0.05) is 79.3 Å². The Morgan fingerprint density at radius 3 is 1.85 bits per heavy atom. The Labute approximate surface area is 509 Å². The molecule has 4 N–H and O–H groups in total. The Hall–Kier alpha value is -6.32. The first-order valence-corrected chi connectivity index (χ1v) is 31.2. The van der Waals surface area contributed by atoms with E-state index in [0.717, 1.165) is 37.7 Å². The third kappa shape index (κ3) is 21.3. The first kappa shape index (κ1) is 71.2. The second-order valence-electron chi connectivity index (χ2n) is 25.0. The van der Waals surface area contributed by atoms with E-state index < -0.39 is 121 Å². The number of amides is 11. The molecule has 0 aromatic heterocycles. The molecule has 0 bridgehead atoms.